The maximum atomic E-state index is 10.7. The Labute approximate surface area is 142 Å². The fourth-order valence-electron chi connectivity index (χ4n) is 1.44. The second kappa shape index (κ2) is 8.57. The molecule has 0 saturated carbocycles. The van der Waals surface area contributed by atoms with Gasteiger partial charge < -0.3 is 10.1 Å². The molecule has 0 unspecified atom stereocenters. The molecule has 1 radical (unpaired) electrons. The number of rotatable bonds is 4. The molecule has 2 aromatic carbocycles. The maximum absolute atomic E-state index is 10.7. The van der Waals surface area contributed by atoms with E-state index in [0.717, 1.165) is 11.1 Å². The van der Waals surface area contributed by atoms with Gasteiger partial charge in [-0.3, -0.25) is 0 Å². The van der Waals surface area contributed by atoms with Gasteiger partial charge >= 0.3 is 5.97 Å². The van der Waals surface area contributed by atoms with Crippen LogP contribution in [0.3, 0.4) is 0 Å². The average Bonchev–Trinajstić information content (AvgIpc) is 2.45. The zero-order valence-corrected chi connectivity index (χ0v) is 13.5. The Morgan fingerprint density at radius 1 is 1.00 bits per heavy atom. The second-order valence-corrected chi connectivity index (χ2v) is 3.76. The van der Waals surface area contributed by atoms with Crippen LogP contribution in [0.1, 0.15) is 21.5 Å². The van der Waals surface area contributed by atoms with Crippen LogP contribution in [0.15, 0.2) is 65.8 Å². The molecule has 20 heavy (non-hydrogen) atoms. The van der Waals surface area contributed by atoms with Crippen molar-refractivity contribution in [3.05, 3.63) is 83.6 Å². The minimum absolute atomic E-state index is 0. The molecule has 0 heterocycles. The fourth-order valence-corrected chi connectivity index (χ4v) is 1.44. The number of carboxylic acids is 1. The van der Waals surface area contributed by atoms with Gasteiger partial charge in [0.25, 0.3) is 0 Å². The molecule has 0 amide bonds. The second-order valence-electron chi connectivity index (χ2n) is 3.76. The van der Waals surface area contributed by atoms with Crippen molar-refractivity contribution >= 4 is 12.2 Å². The molecule has 3 nitrogen and oxygen atoms in total. The number of benzene rings is 2. The Kier molecular flexibility index (Phi) is 7.06. The molecular formula is C16H11NO2Y-2. The van der Waals surface area contributed by atoms with Gasteiger partial charge in [-0.05, 0) is 6.21 Å². The third-order valence-corrected chi connectivity index (χ3v) is 2.40. The van der Waals surface area contributed by atoms with Crippen molar-refractivity contribution in [3.8, 4) is 0 Å². The molecule has 1 N–H and O–H groups in total. The number of hydrogen-bond acceptors (Lipinski definition) is 2. The largest absolute Gasteiger partial charge is 0.478 e. The summed E-state index contributed by atoms with van der Waals surface area (Å²) in [7, 11) is 0. The molecule has 0 aliphatic heterocycles. The predicted octanol–water partition coefficient (Wildman–Crippen LogP) is 3.04. The molecule has 97 valence electrons. The van der Waals surface area contributed by atoms with E-state index >= 15 is 0 Å². The van der Waals surface area contributed by atoms with E-state index in [1.165, 1.54) is 18.3 Å². The minimum atomic E-state index is -0.939. The van der Waals surface area contributed by atoms with Gasteiger partial charge in [0.1, 0.15) is 0 Å². The molecule has 0 aliphatic carbocycles. The van der Waals surface area contributed by atoms with Crippen LogP contribution in [0.25, 0.3) is 0 Å². The Balaban J connectivity index is 0.00000200. The van der Waals surface area contributed by atoms with Crippen molar-refractivity contribution in [2.24, 2.45) is 4.99 Å². The summed E-state index contributed by atoms with van der Waals surface area (Å²) in [4.78, 5) is 14.7. The van der Waals surface area contributed by atoms with Crippen molar-refractivity contribution in [2.45, 2.75) is 0 Å². The van der Waals surface area contributed by atoms with Gasteiger partial charge in [0.05, 0.1) is 0 Å². The van der Waals surface area contributed by atoms with Crippen LogP contribution in [0, 0.1) is 6.08 Å². The quantitative estimate of drug-likeness (QED) is 0.688. The molecule has 2 aromatic rings. The number of hydrogen-bond donors (Lipinski definition) is 1. The molecule has 0 fully saturated rings. The van der Waals surface area contributed by atoms with E-state index in [9.17, 15) is 4.79 Å². The molecule has 0 spiro atoms. The average molecular weight is 338 g/mol. The number of carbonyl (C=O) groups is 1. The van der Waals surface area contributed by atoms with Crippen LogP contribution >= 0.6 is 0 Å². The number of nitrogens with zero attached hydrogens (tertiary/aromatic N) is 1. The first kappa shape index (κ1) is 16.5. The summed E-state index contributed by atoms with van der Waals surface area (Å²) in [5.41, 5.74) is 1.91. The van der Waals surface area contributed by atoms with Crippen LogP contribution in [-0.2, 0) is 32.7 Å². The van der Waals surface area contributed by atoms with Crippen LogP contribution in [0.4, 0.5) is 0 Å². The first-order valence-corrected chi connectivity index (χ1v) is 5.68. The monoisotopic (exact) mass is 338 g/mol. The van der Waals surface area contributed by atoms with Crippen LogP contribution in [-0.4, -0.2) is 17.3 Å². The van der Waals surface area contributed by atoms with Gasteiger partial charge in [0.15, 0.2) is 0 Å². The summed E-state index contributed by atoms with van der Waals surface area (Å²) in [5.74, 6) is -0.939. The first-order valence-electron chi connectivity index (χ1n) is 5.68. The van der Waals surface area contributed by atoms with E-state index < -0.39 is 5.97 Å². The van der Waals surface area contributed by atoms with E-state index in [1.54, 1.807) is 12.1 Å². The van der Waals surface area contributed by atoms with Crippen molar-refractivity contribution in [1.29, 1.82) is 0 Å². The van der Waals surface area contributed by atoms with Gasteiger partial charge in [0.2, 0.25) is 0 Å². The fraction of sp³-hybridized carbons (Fsp3) is 0. The Morgan fingerprint density at radius 3 is 2.25 bits per heavy atom. The molecule has 2 rings (SSSR count). The smallest absolute Gasteiger partial charge is 0.333 e. The minimum Gasteiger partial charge on any atom is -0.478 e. The molecule has 0 atom stereocenters. The first-order chi connectivity index (χ1) is 9.25. The van der Waals surface area contributed by atoms with Gasteiger partial charge in [-0.2, -0.15) is 12.1 Å². The number of aromatic carboxylic acids is 1. The van der Waals surface area contributed by atoms with Gasteiger partial charge in [-0.25, -0.2) is 16.4 Å². The van der Waals surface area contributed by atoms with E-state index in [2.05, 4.69) is 17.3 Å². The molecular weight excluding hydrogens is 327 g/mol. The van der Waals surface area contributed by atoms with Gasteiger partial charge in [0, 0.05) is 38.3 Å². The van der Waals surface area contributed by atoms with E-state index in [-0.39, 0.29) is 38.3 Å². The van der Waals surface area contributed by atoms with Crippen molar-refractivity contribution < 1.29 is 42.6 Å². The Morgan fingerprint density at radius 2 is 1.65 bits per heavy atom. The molecule has 0 aliphatic rings. The molecule has 0 bridgehead atoms. The van der Waals surface area contributed by atoms with Crippen LogP contribution in [0.2, 0.25) is 0 Å². The SMILES string of the molecule is O=C(O)c1ccc([C-]=CN=[C-]c2ccccc2)cc1.[Y]. The summed E-state index contributed by atoms with van der Waals surface area (Å²) in [6.07, 6.45) is 7.29. The Bertz CT molecular complexity index is 604. The maximum Gasteiger partial charge on any atom is 0.333 e. The van der Waals surface area contributed by atoms with E-state index in [0.29, 0.717) is 0 Å². The third kappa shape index (κ3) is 5.20. The summed E-state index contributed by atoms with van der Waals surface area (Å²) in [5, 5.41) is 8.76. The number of carboxylic acid groups (broad SMARTS) is 1. The standard InChI is InChI=1S/C16H11NO2.Y/c18-16(19)15-8-6-13(7-9-15)10-11-17-12-14-4-2-1-3-5-14;/h1-9,11H,(H,18,19);/q-2;. The third-order valence-electron chi connectivity index (χ3n) is 2.40. The summed E-state index contributed by atoms with van der Waals surface area (Å²) >= 11 is 0. The molecule has 0 saturated heterocycles. The summed E-state index contributed by atoms with van der Waals surface area (Å²) in [6.45, 7) is 0. The Hall–Kier alpha value is -1.58. The zero-order valence-electron chi connectivity index (χ0n) is 10.7. The predicted molar refractivity (Wildman–Crippen MR) is 73.3 cm³/mol. The van der Waals surface area contributed by atoms with Crippen molar-refractivity contribution in [2.75, 3.05) is 0 Å². The topological polar surface area (TPSA) is 49.7 Å². The van der Waals surface area contributed by atoms with E-state index in [1.807, 2.05) is 30.3 Å². The molecule has 4 heteroatoms. The van der Waals surface area contributed by atoms with Crippen LogP contribution < -0.4 is 0 Å². The molecule has 0 aromatic heterocycles. The van der Waals surface area contributed by atoms with E-state index in [4.69, 9.17) is 5.11 Å². The normalized spacial score (nSPS) is 10.6. The number of aliphatic imine (C=N–C) groups is 1. The van der Waals surface area contributed by atoms with Crippen molar-refractivity contribution in [1.82, 2.24) is 0 Å². The summed E-state index contributed by atoms with van der Waals surface area (Å²) < 4.78 is 0. The van der Waals surface area contributed by atoms with Gasteiger partial charge in [-0.15, -0.1) is 48.2 Å². The zero-order chi connectivity index (χ0) is 13.5. The summed E-state index contributed by atoms with van der Waals surface area (Å²) in [6, 6.07) is 16.0. The van der Waals surface area contributed by atoms with Crippen LogP contribution in [0.5, 0.6) is 0 Å². The van der Waals surface area contributed by atoms with Crippen molar-refractivity contribution in [3.63, 3.8) is 0 Å². The van der Waals surface area contributed by atoms with Gasteiger partial charge in [-0.1, -0.05) is 6.07 Å².